The van der Waals surface area contributed by atoms with Crippen molar-refractivity contribution in [1.29, 1.82) is 0 Å². The number of carbonyl (C=O) groups is 1. The molecule has 24 heavy (non-hydrogen) atoms. The number of carbonyl (C=O) groups excluding carboxylic acids is 1. The fourth-order valence-electron chi connectivity index (χ4n) is 3.29. The van der Waals surface area contributed by atoms with Crippen molar-refractivity contribution in [2.75, 3.05) is 18.5 Å². The third-order valence-corrected chi connectivity index (χ3v) is 4.87. The van der Waals surface area contributed by atoms with Crippen molar-refractivity contribution in [1.82, 2.24) is 0 Å². The van der Waals surface area contributed by atoms with Crippen LogP contribution in [0.15, 0.2) is 24.3 Å². The third-order valence-electron chi connectivity index (χ3n) is 4.87. The number of amides is 1. The van der Waals surface area contributed by atoms with Crippen LogP contribution in [-0.4, -0.2) is 25.2 Å². The van der Waals surface area contributed by atoms with Crippen LogP contribution in [0.4, 0.5) is 5.69 Å². The molecule has 0 aromatic heterocycles. The lowest BCUT2D eigenvalue weighted by atomic mass is 9.89. The molecule has 0 radical (unpaired) electrons. The fraction of sp³-hybridized carbons (Fsp3) is 0.650. The zero-order chi connectivity index (χ0) is 16.8. The minimum absolute atomic E-state index is 0.0794. The first-order chi connectivity index (χ1) is 11.7. The first-order valence-electron chi connectivity index (χ1n) is 9.27. The first-order valence-corrected chi connectivity index (χ1v) is 9.27. The Morgan fingerprint density at radius 1 is 1.25 bits per heavy atom. The van der Waals surface area contributed by atoms with Gasteiger partial charge in [-0.15, -0.1) is 0 Å². The zero-order valence-corrected chi connectivity index (χ0v) is 14.6. The molecule has 3 rings (SSSR count). The van der Waals surface area contributed by atoms with Gasteiger partial charge < -0.3 is 14.8 Å². The van der Waals surface area contributed by atoms with E-state index in [1.165, 1.54) is 25.7 Å². The van der Waals surface area contributed by atoms with Gasteiger partial charge in [0.25, 0.3) is 0 Å². The second-order valence-corrected chi connectivity index (χ2v) is 7.41. The molecular weight excluding hydrogens is 302 g/mol. The maximum Gasteiger partial charge on any atom is 0.250 e. The Labute approximate surface area is 144 Å². The van der Waals surface area contributed by atoms with E-state index >= 15 is 0 Å². The summed E-state index contributed by atoms with van der Waals surface area (Å²) in [5.74, 6) is 1.40. The molecule has 2 fully saturated rings. The molecule has 2 aliphatic rings. The highest BCUT2D eigenvalue weighted by molar-refractivity contribution is 5.91. The van der Waals surface area contributed by atoms with Gasteiger partial charge in [0.15, 0.2) is 0 Å². The van der Waals surface area contributed by atoms with Crippen LogP contribution < -0.4 is 5.32 Å². The summed E-state index contributed by atoms with van der Waals surface area (Å²) in [5, 5.41) is 2.93. The number of hydrogen-bond donors (Lipinski definition) is 1. The van der Waals surface area contributed by atoms with E-state index in [1.807, 2.05) is 24.3 Å². The summed E-state index contributed by atoms with van der Waals surface area (Å²) in [5.41, 5.74) is 1.91. The number of nitrogens with one attached hydrogen (secondary N) is 1. The zero-order valence-electron chi connectivity index (χ0n) is 14.6. The Bertz CT molecular complexity index is 541. The topological polar surface area (TPSA) is 47.6 Å². The molecule has 1 aromatic rings. The number of ether oxygens (including phenoxy) is 2. The van der Waals surface area contributed by atoms with Gasteiger partial charge in [-0.05, 0) is 55.2 Å². The number of benzene rings is 1. The predicted molar refractivity (Wildman–Crippen MR) is 94.8 cm³/mol. The molecule has 2 aliphatic carbocycles. The first kappa shape index (κ1) is 17.4. The molecule has 2 saturated carbocycles. The van der Waals surface area contributed by atoms with E-state index in [9.17, 15) is 4.79 Å². The van der Waals surface area contributed by atoms with Crippen molar-refractivity contribution in [3.8, 4) is 0 Å². The Morgan fingerprint density at radius 3 is 2.92 bits per heavy atom. The molecular formula is C20H29NO3. The van der Waals surface area contributed by atoms with Gasteiger partial charge in [-0.25, -0.2) is 0 Å². The Balaban J connectivity index is 1.39. The Hall–Kier alpha value is -1.39. The van der Waals surface area contributed by atoms with Crippen molar-refractivity contribution < 1.29 is 14.3 Å². The number of rotatable bonds is 8. The summed E-state index contributed by atoms with van der Waals surface area (Å²) in [6.45, 7) is 3.85. The van der Waals surface area contributed by atoms with Crippen molar-refractivity contribution in [2.24, 2.45) is 11.8 Å². The summed E-state index contributed by atoms with van der Waals surface area (Å²) < 4.78 is 11.5. The van der Waals surface area contributed by atoms with Crippen LogP contribution in [0.2, 0.25) is 0 Å². The molecule has 4 heteroatoms. The molecule has 2 unspecified atom stereocenters. The molecule has 1 N–H and O–H groups in total. The minimum atomic E-state index is -0.0794. The Morgan fingerprint density at radius 2 is 2.12 bits per heavy atom. The van der Waals surface area contributed by atoms with Gasteiger partial charge in [0.05, 0.1) is 12.7 Å². The number of anilines is 1. The lowest BCUT2D eigenvalue weighted by Crippen LogP contribution is -2.27. The van der Waals surface area contributed by atoms with Gasteiger partial charge in [0, 0.05) is 12.3 Å². The highest BCUT2D eigenvalue weighted by atomic mass is 16.5. The smallest absolute Gasteiger partial charge is 0.250 e. The van der Waals surface area contributed by atoms with Gasteiger partial charge in [-0.3, -0.25) is 4.79 Å². The van der Waals surface area contributed by atoms with Crippen LogP contribution in [0.5, 0.6) is 0 Å². The number of hydrogen-bond acceptors (Lipinski definition) is 3. The average molecular weight is 331 g/mol. The molecule has 0 spiro atoms. The van der Waals surface area contributed by atoms with E-state index in [-0.39, 0.29) is 18.6 Å². The molecule has 132 valence electrons. The van der Waals surface area contributed by atoms with Crippen molar-refractivity contribution in [3.05, 3.63) is 29.8 Å². The van der Waals surface area contributed by atoms with E-state index in [4.69, 9.17) is 9.47 Å². The standard InChI is InChI=1S/C20H29NO3/c1-15-4-2-7-19(10-15)24-14-20(22)21-18-6-3-5-17(11-18)13-23-12-16-8-9-16/h3,5-6,11,15-16,19H,2,4,7-10,12-14H2,1H3,(H,21,22). The van der Waals surface area contributed by atoms with Crippen molar-refractivity contribution >= 4 is 11.6 Å². The largest absolute Gasteiger partial charge is 0.376 e. The third kappa shape index (κ3) is 5.91. The van der Waals surface area contributed by atoms with Crippen LogP contribution in [0.3, 0.4) is 0 Å². The summed E-state index contributed by atoms with van der Waals surface area (Å²) >= 11 is 0. The maximum absolute atomic E-state index is 12.1. The van der Waals surface area contributed by atoms with Crippen molar-refractivity contribution in [3.63, 3.8) is 0 Å². The average Bonchev–Trinajstić information content (AvgIpc) is 3.38. The van der Waals surface area contributed by atoms with Crippen LogP contribution >= 0.6 is 0 Å². The lowest BCUT2D eigenvalue weighted by Gasteiger charge is -2.26. The summed E-state index contributed by atoms with van der Waals surface area (Å²) in [4.78, 5) is 12.1. The van der Waals surface area contributed by atoms with Crippen LogP contribution in [0.25, 0.3) is 0 Å². The molecule has 2 atom stereocenters. The molecule has 0 saturated heterocycles. The molecule has 1 aromatic carbocycles. The minimum Gasteiger partial charge on any atom is -0.376 e. The van der Waals surface area contributed by atoms with Gasteiger partial charge in [-0.1, -0.05) is 31.9 Å². The molecule has 4 nitrogen and oxygen atoms in total. The van der Waals surface area contributed by atoms with Crippen LogP contribution in [-0.2, 0) is 20.9 Å². The van der Waals surface area contributed by atoms with Crippen LogP contribution in [0, 0.1) is 11.8 Å². The SMILES string of the molecule is CC1CCCC(OCC(=O)Nc2cccc(COCC3CC3)c2)C1. The summed E-state index contributed by atoms with van der Waals surface area (Å²) in [6, 6.07) is 7.87. The second kappa shape index (κ2) is 8.63. The van der Waals surface area contributed by atoms with E-state index < -0.39 is 0 Å². The Kier molecular flexibility index (Phi) is 6.27. The second-order valence-electron chi connectivity index (χ2n) is 7.41. The summed E-state index contributed by atoms with van der Waals surface area (Å²) in [6.07, 6.45) is 7.47. The lowest BCUT2D eigenvalue weighted by molar-refractivity contribution is -0.123. The normalized spacial score (nSPS) is 23.9. The van der Waals surface area contributed by atoms with E-state index in [0.717, 1.165) is 36.6 Å². The molecule has 0 aliphatic heterocycles. The van der Waals surface area contributed by atoms with E-state index in [2.05, 4.69) is 12.2 Å². The quantitative estimate of drug-likeness (QED) is 0.778. The summed E-state index contributed by atoms with van der Waals surface area (Å²) in [7, 11) is 0. The monoisotopic (exact) mass is 331 g/mol. The van der Waals surface area contributed by atoms with Gasteiger partial charge in [-0.2, -0.15) is 0 Å². The van der Waals surface area contributed by atoms with Gasteiger partial charge >= 0.3 is 0 Å². The highest BCUT2D eigenvalue weighted by Crippen LogP contribution is 2.29. The molecule has 0 bridgehead atoms. The fourth-order valence-corrected chi connectivity index (χ4v) is 3.29. The van der Waals surface area contributed by atoms with Crippen LogP contribution in [0.1, 0.15) is 51.0 Å². The molecule has 1 amide bonds. The molecule has 0 heterocycles. The highest BCUT2D eigenvalue weighted by Gasteiger charge is 2.21. The van der Waals surface area contributed by atoms with E-state index in [1.54, 1.807) is 0 Å². The van der Waals surface area contributed by atoms with Gasteiger partial charge in [0.2, 0.25) is 5.91 Å². The maximum atomic E-state index is 12.1. The van der Waals surface area contributed by atoms with Gasteiger partial charge in [0.1, 0.15) is 6.61 Å². The van der Waals surface area contributed by atoms with E-state index in [0.29, 0.717) is 12.5 Å². The van der Waals surface area contributed by atoms with Crippen molar-refractivity contribution in [2.45, 2.75) is 58.2 Å². The predicted octanol–water partition coefficient (Wildman–Crippen LogP) is 4.15.